The topological polar surface area (TPSA) is 84.3 Å². The minimum atomic E-state index is -3.51. The highest BCUT2D eigenvalue weighted by atomic mass is 32.2. The summed E-state index contributed by atoms with van der Waals surface area (Å²) in [4.78, 5) is 18.4. The molecule has 8 heteroatoms. The quantitative estimate of drug-likeness (QED) is 0.806. The average molecular weight is 362 g/mol. The smallest absolute Gasteiger partial charge is 0.254 e. The summed E-state index contributed by atoms with van der Waals surface area (Å²) >= 11 is 0. The number of nitrogens with zero attached hydrogens (tertiary/aromatic N) is 3. The second-order valence-corrected chi connectivity index (χ2v) is 8.20. The van der Waals surface area contributed by atoms with Gasteiger partial charge in [0.05, 0.1) is 11.4 Å². The fraction of sp³-hybridized carbons (Fsp3) is 0.412. The monoisotopic (exact) mass is 362 g/mol. The van der Waals surface area contributed by atoms with Gasteiger partial charge in [0.1, 0.15) is 5.82 Å². The van der Waals surface area contributed by atoms with Crippen molar-refractivity contribution in [1.29, 1.82) is 0 Å². The fourth-order valence-corrected chi connectivity index (χ4v) is 3.58. The van der Waals surface area contributed by atoms with Gasteiger partial charge in [0.25, 0.3) is 5.91 Å². The van der Waals surface area contributed by atoms with Crippen LogP contribution in [0, 0.1) is 5.92 Å². The van der Waals surface area contributed by atoms with Crippen molar-refractivity contribution in [2.24, 2.45) is 13.0 Å². The Morgan fingerprint density at radius 1 is 1.32 bits per heavy atom. The molecule has 0 spiro atoms. The van der Waals surface area contributed by atoms with E-state index in [9.17, 15) is 13.2 Å². The Bertz CT molecular complexity index is 854. The summed E-state index contributed by atoms with van der Waals surface area (Å²) < 4.78 is 28.9. The van der Waals surface area contributed by atoms with Crippen molar-refractivity contribution >= 4 is 15.9 Å². The Labute approximate surface area is 147 Å². The van der Waals surface area contributed by atoms with E-state index < -0.39 is 10.0 Å². The molecule has 7 nitrogen and oxygen atoms in total. The number of hydrogen-bond donors (Lipinski definition) is 1. The van der Waals surface area contributed by atoms with Crippen LogP contribution in [-0.2, 0) is 23.6 Å². The van der Waals surface area contributed by atoms with Gasteiger partial charge in [-0.1, -0.05) is 0 Å². The van der Waals surface area contributed by atoms with Crippen LogP contribution in [0.15, 0.2) is 41.6 Å². The first-order valence-electron chi connectivity index (χ1n) is 8.18. The molecule has 134 valence electrons. The van der Waals surface area contributed by atoms with Crippen LogP contribution in [0.2, 0.25) is 0 Å². The summed E-state index contributed by atoms with van der Waals surface area (Å²) in [5.41, 5.74) is 0.442. The van der Waals surface area contributed by atoms with Crippen LogP contribution in [0.5, 0.6) is 0 Å². The number of sulfonamides is 1. The van der Waals surface area contributed by atoms with Crippen LogP contribution in [0.4, 0.5) is 0 Å². The van der Waals surface area contributed by atoms with Crippen LogP contribution in [0.25, 0.3) is 0 Å². The molecule has 0 unspecified atom stereocenters. The van der Waals surface area contributed by atoms with Crippen LogP contribution < -0.4 is 4.72 Å². The van der Waals surface area contributed by atoms with Gasteiger partial charge in [-0.15, -0.1) is 0 Å². The first kappa shape index (κ1) is 17.6. The number of amides is 1. The summed E-state index contributed by atoms with van der Waals surface area (Å²) in [6.07, 6.45) is 5.67. The van der Waals surface area contributed by atoms with Crippen LogP contribution >= 0.6 is 0 Å². The molecule has 1 heterocycles. The molecule has 0 saturated heterocycles. The Balaban J connectivity index is 1.66. The highest BCUT2D eigenvalue weighted by molar-refractivity contribution is 7.89. The first-order chi connectivity index (χ1) is 11.9. The van der Waals surface area contributed by atoms with Gasteiger partial charge >= 0.3 is 0 Å². The lowest BCUT2D eigenvalue weighted by Crippen LogP contribution is -2.28. The standard InChI is InChI=1S/C17H22N4O3S/c1-20-10-9-18-16(20)12-21(2)17(22)14-5-7-15(8-6-14)25(23,24)19-11-13-3-4-13/h5-10,13,19H,3-4,11-12H2,1-2H3. The minimum Gasteiger partial charge on any atom is -0.337 e. The number of benzene rings is 1. The predicted molar refractivity (Wildman–Crippen MR) is 93.4 cm³/mol. The van der Waals surface area contributed by atoms with Crippen molar-refractivity contribution in [1.82, 2.24) is 19.2 Å². The SMILES string of the molecule is CN(Cc1nccn1C)C(=O)c1ccc(S(=O)(=O)NCC2CC2)cc1. The highest BCUT2D eigenvalue weighted by Gasteiger charge is 2.24. The second kappa shape index (κ2) is 6.97. The third-order valence-electron chi connectivity index (χ3n) is 4.32. The number of imidazole rings is 1. The number of aromatic nitrogens is 2. The molecule has 1 fully saturated rings. The van der Waals surface area contributed by atoms with E-state index in [1.165, 1.54) is 12.1 Å². The maximum Gasteiger partial charge on any atom is 0.254 e. The normalized spacial score (nSPS) is 14.5. The van der Waals surface area contributed by atoms with Gasteiger partial charge in [0.15, 0.2) is 0 Å². The molecule has 1 aliphatic rings. The molecule has 25 heavy (non-hydrogen) atoms. The maximum atomic E-state index is 12.5. The number of carbonyl (C=O) groups is 1. The molecule has 1 aromatic carbocycles. The molecule has 0 aliphatic heterocycles. The number of nitrogens with one attached hydrogen (secondary N) is 1. The minimum absolute atomic E-state index is 0.177. The molecule has 1 N–H and O–H groups in total. The van der Waals surface area contributed by atoms with E-state index in [0.717, 1.165) is 18.7 Å². The largest absolute Gasteiger partial charge is 0.337 e. The molecule has 1 aliphatic carbocycles. The van der Waals surface area contributed by atoms with E-state index in [-0.39, 0.29) is 10.8 Å². The molecule has 0 radical (unpaired) electrons. The van der Waals surface area contributed by atoms with Crippen molar-refractivity contribution in [2.75, 3.05) is 13.6 Å². The summed E-state index contributed by atoms with van der Waals surface area (Å²) in [5.74, 6) is 1.06. The van der Waals surface area contributed by atoms with Gasteiger partial charge in [-0.25, -0.2) is 18.1 Å². The Hall–Kier alpha value is -2.19. The molecule has 3 rings (SSSR count). The lowest BCUT2D eigenvalue weighted by molar-refractivity contribution is 0.0780. The maximum absolute atomic E-state index is 12.5. The highest BCUT2D eigenvalue weighted by Crippen LogP contribution is 2.28. The number of aryl methyl sites for hydroxylation is 1. The molecular formula is C17H22N4O3S. The van der Waals surface area contributed by atoms with E-state index >= 15 is 0 Å². The van der Waals surface area contributed by atoms with Crippen LogP contribution in [-0.4, -0.2) is 42.4 Å². The van der Waals surface area contributed by atoms with E-state index in [0.29, 0.717) is 24.6 Å². The average Bonchev–Trinajstić information content (AvgIpc) is 3.35. The zero-order chi connectivity index (χ0) is 18.0. The molecule has 0 atom stereocenters. The van der Waals surface area contributed by atoms with Crippen molar-refractivity contribution in [3.63, 3.8) is 0 Å². The van der Waals surface area contributed by atoms with Crippen LogP contribution in [0.1, 0.15) is 29.0 Å². The third-order valence-corrected chi connectivity index (χ3v) is 5.76. The molecule has 2 aromatic rings. The van der Waals surface area contributed by atoms with Gasteiger partial charge in [0, 0.05) is 38.6 Å². The first-order valence-corrected chi connectivity index (χ1v) is 9.66. The van der Waals surface area contributed by atoms with Crippen molar-refractivity contribution in [2.45, 2.75) is 24.3 Å². The van der Waals surface area contributed by atoms with E-state index in [2.05, 4.69) is 9.71 Å². The lowest BCUT2D eigenvalue weighted by Gasteiger charge is -2.17. The summed E-state index contributed by atoms with van der Waals surface area (Å²) in [6.45, 7) is 0.862. The predicted octanol–water partition coefficient (Wildman–Crippen LogP) is 1.38. The van der Waals surface area contributed by atoms with E-state index in [4.69, 9.17) is 0 Å². The van der Waals surface area contributed by atoms with Gasteiger partial charge in [-0.05, 0) is 43.0 Å². The molecule has 1 aromatic heterocycles. The van der Waals surface area contributed by atoms with Crippen molar-refractivity contribution in [3.8, 4) is 0 Å². The fourth-order valence-electron chi connectivity index (χ4n) is 2.46. The van der Waals surface area contributed by atoms with Gasteiger partial charge in [-0.3, -0.25) is 4.79 Å². The molecule has 1 amide bonds. The third kappa shape index (κ3) is 4.26. The number of rotatable bonds is 7. The zero-order valence-electron chi connectivity index (χ0n) is 14.3. The Kier molecular flexibility index (Phi) is 4.91. The molecule has 0 bridgehead atoms. The van der Waals surface area contributed by atoms with E-state index in [1.807, 2.05) is 17.8 Å². The van der Waals surface area contributed by atoms with Gasteiger partial charge < -0.3 is 9.47 Å². The number of hydrogen-bond acceptors (Lipinski definition) is 4. The van der Waals surface area contributed by atoms with Crippen LogP contribution in [0.3, 0.4) is 0 Å². The Morgan fingerprint density at radius 3 is 2.56 bits per heavy atom. The molecule has 1 saturated carbocycles. The second-order valence-electron chi connectivity index (χ2n) is 6.44. The van der Waals surface area contributed by atoms with Gasteiger partial charge in [0.2, 0.25) is 10.0 Å². The zero-order valence-corrected chi connectivity index (χ0v) is 15.2. The molecular weight excluding hydrogens is 340 g/mol. The van der Waals surface area contributed by atoms with Crippen molar-refractivity contribution < 1.29 is 13.2 Å². The summed E-state index contributed by atoms with van der Waals surface area (Å²) in [5, 5.41) is 0. The van der Waals surface area contributed by atoms with E-state index in [1.54, 1.807) is 30.3 Å². The summed E-state index contributed by atoms with van der Waals surface area (Å²) in [7, 11) is 0.0504. The number of carbonyl (C=O) groups excluding carboxylic acids is 1. The van der Waals surface area contributed by atoms with Crippen molar-refractivity contribution in [3.05, 3.63) is 48.0 Å². The lowest BCUT2D eigenvalue weighted by atomic mass is 10.2. The Morgan fingerprint density at radius 2 is 2.00 bits per heavy atom. The van der Waals surface area contributed by atoms with Gasteiger partial charge in [-0.2, -0.15) is 0 Å². The summed E-state index contributed by atoms with van der Waals surface area (Å²) in [6, 6.07) is 6.03.